The molecule has 0 spiro atoms. The summed E-state index contributed by atoms with van der Waals surface area (Å²) in [6.45, 7) is 3.81. The summed E-state index contributed by atoms with van der Waals surface area (Å²) in [5.41, 5.74) is 2.64. The first-order chi connectivity index (χ1) is 17.4. The average Bonchev–Trinajstić information content (AvgIpc) is 2.89. The lowest BCUT2D eigenvalue weighted by atomic mass is 10.2. The zero-order valence-corrected chi connectivity index (χ0v) is 19.9. The minimum atomic E-state index is -0.743. The number of hydrogen-bond donors (Lipinski definition) is 2. The molecule has 2 N–H and O–H groups in total. The van der Waals surface area contributed by atoms with Crippen molar-refractivity contribution in [3.05, 3.63) is 95.7 Å². The third kappa shape index (κ3) is 7.14. The Morgan fingerprint density at radius 1 is 0.667 bits per heavy atom. The van der Waals surface area contributed by atoms with Crippen molar-refractivity contribution in [2.24, 2.45) is 0 Å². The van der Waals surface area contributed by atoms with Crippen molar-refractivity contribution in [3.63, 3.8) is 0 Å². The van der Waals surface area contributed by atoms with Gasteiger partial charge in [0.25, 0.3) is 0 Å². The number of esters is 2. The van der Waals surface area contributed by atoms with E-state index < -0.39 is 23.5 Å². The summed E-state index contributed by atoms with van der Waals surface area (Å²) in [5.74, 6) is -2.38. The molecule has 0 atom stereocenters. The van der Waals surface area contributed by atoms with Crippen LogP contribution >= 0.6 is 0 Å². The van der Waals surface area contributed by atoms with E-state index in [1.54, 1.807) is 26.0 Å². The van der Waals surface area contributed by atoms with E-state index in [0.717, 1.165) is 21.8 Å². The van der Waals surface area contributed by atoms with E-state index in [-0.39, 0.29) is 13.2 Å². The number of hydrogen-bond acceptors (Lipinski definition) is 8. The molecule has 0 aliphatic carbocycles. The van der Waals surface area contributed by atoms with Gasteiger partial charge in [0.05, 0.1) is 35.6 Å². The molecule has 0 fully saturated rings. The standard InChI is InChI=1S/2C14H13NO3/c2*1-2-18-14(17)13(16)9-11-8-7-10-5-3-4-6-12(10)15-11/h2*3-9,16H,2H2,1H3/b2*13-9-. The Morgan fingerprint density at radius 2 is 1.06 bits per heavy atom. The molecule has 8 heteroatoms. The molecule has 0 aliphatic heterocycles. The fourth-order valence-electron chi connectivity index (χ4n) is 3.13. The van der Waals surface area contributed by atoms with Gasteiger partial charge in [-0.3, -0.25) is 0 Å². The predicted octanol–water partition coefficient (Wildman–Crippen LogP) is 5.39. The number of carbonyl (C=O) groups is 2. The van der Waals surface area contributed by atoms with Gasteiger partial charge in [-0.1, -0.05) is 48.5 Å². The van der Waals surface area contributed by atoms with Gasteiger partial charge in [-0.15, -0.1) is 0 Å². The second kappa shape index (κ2) is 12.7. The van der Waals surface area contributed by atoms with Crippen LogP contribution in [0.5, 0.6) is 0 Å². The Balaban J connectivity index is 0.000000201. The molecule has 8 nitrogen and oxygen atoms in total. The molecule has 0 aliphatic rings. The molecule has 36 heavy (non-hydrogen) atoms. The highest BCUT2D eigenvalue weighted by Crippen LogP contribution is 2.14. The SMILES string of the molecule is CCOC(=O)/C(O)=C/c1ccc2ccccc2n1.CCOC(=O)/C(O)=C/c1ccc2ccccc2n1. The van der Waals surface area contributed by atoms with Crippen molar-refractivity contribution in [1.82, 2.24) is 9.97 Å². The lowest BCUT2D eigenvalue weighted by molar-refractivity contribution is -0.142. The summed E-state index contributed by atoms with van der Waals surface area (Å²) in [7, 11) is 0. The molecule has 0 saturated carbocycles. The molecule has 2 heterocycles. The minimum absolute atomic E-state index is 0.224. The number of ether oxygens (including phenoxy) is 2. The summed E-state index contributed by atoms with van der Waals surface area (Å²) in [6, 6.07) is 22.5. The van der Waals surface area contributed by atoms with Gasteiger partial charge in [-0.05, 0) is 38.1 Å². The average molecular weight is 487 g/mol. The van der Waals surface area contributed by atoms with E-state index >= 15 is 0 Å². The van der Waals surface area contributed by atoms with Gasteiger partial charge in [0.1, 0.15) is 0 Å². The van der Waals surface area contributed by atoms with Crippen molar-refractivity contribution < 1.29 is 29.3 Å². The molecular formula is C28H26N2O6. The number of aromatic nitrogens is 2. The van der Waals surface area contributed by atoms with E-state index in [9.17, 15) is 19.8 Å². The molecule has 2 aromatic carbocycles. The lowest BCUT2D eigenvalue weighted by Crippen LogP contribution is -2.06. The van der Waals surface area contributed by atoms with E-state index in [0.29, 0.717) is 11.4 Å². The number of aliphatic hydroxyl groups excluding tert-OH is 2. The Hall–Kier alpha value is -4.72. The molecule has 4 aromatic rings. The van der Waals surface area contributed by atoms with Crippen molar-refractivity contribution in [1.29, 1.82) is 0 Å². The zero-order valence-electron chi connectivity index (χ0n) is 19.9. The number of pyridine rings is 2. The Bertz CT molecular complexity index is 1320. The Morgan fingerprint density at radius 3 is 1.44 bits per heavy atom. The zero-order chi connectivity index (χ0) is 25.9. The van der Waals surface area contributed by atoms with E-state index in [4.69, 9.17) is 0 Å². The summed E-state index contributed by atoms with van der Waals surface area (Å²) >= 11 is 0. The molecule has 0 bridgehead atoms. The molecule has 0 radical (unpaired) electrons. The van der Waals surface area contributed by atoms with Crippen LogP contribution in [-0.4, -0.2) is 45.3 Å². The highest BCUT2D eigenvalue weighted by Gasteiger charge is 2.09. The summed E-state index contributed by atoms with van der Waals surface area (Å²) in [6.07, 6.45) is 2.59. The second-order valence-corrected chi connectivity index (χ2v) is 7.36. The first kappa shape index (κ1) is 25.9. The highest BCUT2D eigenvalue weighted by molar-refractivity contribution is 5.92. The van der Waals surface area contributed by atoms with E-state index in [1.807, 2.05) is 60.7 Å². The number of carbonyl (C=O) groups excluding carboxylic acids is 2. The van der Waals surface area contributed by atoms with Crippen LogP contribution in [0.3, 0.4) is 0 Å². The normalized spacial score (nSPS) is 11.5. The molecule has 0 saturated heterocycles. The van der Waals surface area contributed by atoms with Crippen LogP contribution < -0.4 is 0 Å². The van der Waals surface area contributed by atoms with Gasteiger partial charge in [-0.25, -0.2) is 19.6 Å². The lowest BCUT2D eigenvalue weighted by Gasteiger charge is -2.01. The first-order valence-corrected chi connectivity index (χ1v) is 11.3. The van der Waals surface area contributed by atoms with Crippen molar-refractivity contribution in [3.8, 4) is 0 Å². The summed E-state index contributed by atoms with van der Waals surface area (Å²) in [4.78, 5) is 31.1. The maximum atomic E-state index is 11.2. The van der Waals surface area contributed by atoms with Gasteiger partial charge in [-0.2, -0.15) is 0 Å². The van der Waals surface area contributed by atoms with Crippen LogP contribution in [0.1, 0.15) is 25.2 Å². The van der Waals surface area contributed by atoms with Crippen molar-refractivity contribution >= 4 is 45.9 Å². The van der Waals surface area contributed by atoms with Crippen LogP contribution in [0, 0.1) is 0 Å². The minimum Gasteiger partial charge on any atom is -0.502 e. The highest BCUT2D eigenvalue weighted by atomic mass is 16.5. The van der Waals surface area contributed by atoms with Crippen LogP contribution in [-0.2, 0) is 19.1 Å². The third-order valence-electron chi connectivity index (χ3n) is 4.78. The van der Waals surface area contributed by atoms with Crippen LogP contribution in [0.4, 0.5) is 0 Å². The fourth-order valence-corrected chi connectivity index (χ4v) is 3.13. The Labute approximate surface area is 208 Å². The number of nitrogens with zero attached hydrogens (tertiary/aromatic N) is 2. The number of para-hydroxylation sites is 2. The van der Waals surface area contributed by atoms with E-state index in [2.05, 4.69) is 19.4 Å². The fraction of sp³-hybridized carbons (Fsp3) is 0.143. The molecule has 4 rings (SSSR count). The van der Waals surface area contributed by atoms with Gasteiger partial charge in [0.2, 0.25) is 11.5 Å². The summed E-state index contributed by atoms with van der Waals surface area (Å²) in [5, 5.41) is 21.1. The van der Waals surface area contributed by atoms with Gasteiger partial charge in [0.15, 0.2) is 0 Å². The molecule has 184 valence electrons. The first-order valence-electron chi connectivity index (χ1n) is 11.3. The van der Waals surface area contributed by atoms with Crippen LogP contribution in [0.2, 0.25) is 0 Å². The molecule has 0 amide bonds. The Kier molecular flexibility index (Phi) is 9.11. The number of aliphatic hydroxyl groups is 2. The topological polar surface area (TPSA) is 119 Å². The predicted molar refractivity (Wildman–Crippen MR) is 138 cm³/mol. The largest absolute Gasteiger partial charge is 0.502 e. The van der Waals surface area contributed by atoms with Gasteiger partial charge in [0, 0.05) is 22.9 Å². The number of benzene rings is 2. The maximum absolute atomic E-state index is 11.2. The van der Waals surface area contributed by atoms with Crippen molar-refractivity contribution in [2.45, 2.75) is 13.8 Å². The summed E-state index contributed by atoms with van der Waals surface area (Å²) < 4.78 is 9.36. The molecule has 0 unspecified atom stereocenters. The molecule has 2 aromatic heterocycles. The van der Waals surface area contributed by atoms with Gasteiger partial charge < -0.3 is 19.7 Å². The third-order valence-corrected chi connectivity index (χ3v) is 4.78. The van der Waals surface area contributed by atoms with Gasteiger partial charge >= 0.3 is 11.9 Å². The van der Waals surface area contributed by atoms with Crippen LogP contribution in [0.25, 0.3) is 34.0 Å². The van der Waals surface area contributed by atoms with Crippen molar-refractivity contribution in [2.75, 3.05) is 13.2 Å². The van der Waals surface area contributed by atoms with E-state index in [1.165, 1.54) is 12.2 Å². The maximum Gasteiger partial charge on any atom is 0.373 e. The smallest absolute Gasteiger partial charge is 0.373 e. The van der Waals surface area contributed by atoms with Crippen LogP contribution in [0.15, 0.2) is 84.3 Å². The quantitative estimate of drug-likeness (QED) is 0.211. The number of fused-ring (bicyclic) bond motifs is 2. The monoisotopic (exact) mass is 486 g/mol. The number of rotatable bonds is 6. The second-order valence-electron chi connectivity index (χ2n) is 7.36. The molecular weight excluding hydrogens is 460 g/mol.